The fraction of sp³-hybridized carbons (Fsp3) is 0.368. The van der Waals surface area contributed by atoms with Gasteiger partial charge in [0.05, 0.1) is 6.61 Å². The Bertz CT molecular complexity index is 579. The Hall–Kier alpha value is -1.80. The standard InChI is InChI=1S/C19H23NO/c1-15(17-5-3-2-4-6-17)9-11-20-14-16-7-8-19-18(13-16)10-12-21-19/h2-8,13,15,20H,9-12,14H2,1H3. The quantitative estimate of drug-likeness (QED) is 0.811. The molecule has 2 aromatic rings. The van der Waals surface area contributed by atoms with Crippen molar-refractivity contribution >= 4 is 0 Å². The first-order chi connectivity index (χ1) is 10.3. The molecule has 1 N–H and O–H groups in total. The van der Waals surface area contributed by atoms with Gasteiger partial charge in [-0.05, 0) is 41.6 Å². The molecular formula is C19H23NO. The Morgan fingerprint density at radius 3 is 2.86 bits per heavy atom. The van der Waals surface area contributed by atoms with Crippen LogP contribution >= 0.6 is 0 Å². The highest BCUT2D eigenvalue weighted by atomic mass is 16.5. The number of fused-ring (bicyclic) bond motifs is 1. The van der Waals surface area contributed by atoms with Crippen LogP contribution in [0.2, 0.25) is 0 Å². The molecule has 0 saturated heterocycles. The number of hydrogen-bond acceptors (Lipinski definition) is 2. The molecule has 0 fully saturated rings. The minimum Gasteiger partial charge on any atom is -0.493 e. The first-order valence-electron chi connectivity index (χ1n) is 7.83. The summed E-state index contributed by atoms with van der Waals surface area (Å²) < 4.78 is 5.54. The maximum Gasteiger partial charge on any atom is 0.122 e. The van der Waals surface area contributed by atoms with Crippen LogP contribution in [0.5, 0.6) is 5.75 Å². The van der Waals surface area contributed by atoms with Crippen molar-refractivity contribution in [2.75, 3.05) is 13.2 Å². The predicted molar refractivity (Wildman–Crippen MR) is 86.8 cm³/mol. The van der Waals surface area contributed by atoms with E-state index in [0.717, 1.165) is 38.3 Å². The van der Waals surface area contributed by atoms with Gasteiger partial charge in [-0.25, -0.2) is 0 Å². The molecule has 2 aromatic carbocycles. The van der Waals surface area contributed by atoms with Crippen LogP contribution in [-0.4, -0.2) is 13.2 Å². The molecule has 1 atom stereocenters. The average Bonchev–Trinajstić information content (AvgIpc) is 3.00. The van der Waals surface area contributed by atoms with E-state index >= 15 is 0 Å². The van der Waals surface area contributed by atoms with Crippen molar-refractivity contribution in [2.45, 2.75) is 32.2 Å². The van der Waals surface area contributed by atoms with Gasteiger partial charge in [0, 0.05) is 13.0 Å². The maximum absolute atomic E-state index is 5.54. The third-order valence-corrected chi connectivity index (χ3v) is 4.21. The fourth-order valence-electron chi connectivity index (χ4n) is 2.85. The molecule has 1 heterocycles. The van der Waals surface area contributed by atoms with Gasteiger partial charge in [-0.2, -0.15) is 0 Å². The lowest BCUT2D eigenvalue weighted by Crippen LogP contribution is -2.16. The first-order valence-corrected chi connectivity index (χ1v) is 7.83. The highest BCUT2D eigenvalue weighted by Gasteiger charge is 2.11. The Morgan fingerprint density at radius 1 is 1.14 bits per heavy atom. The number of nitrogens with one attached hydrogen (secondary N) is 1. The van der Waals surface area contributed by atoms with E-state index in [4.69, 9.17) is 4.74 Å². The molecule has 0 aromatic heterocycles. The molecule has 1 unspecified atom stereocenters. The maximum atomic E-state index is 5.54. The summed E-state index contributed by atoms with van der Waals surface area (Å²) >= 11 is 0. The minimum atomic E-state index is 0.604. The van der Waals surface area contributed by atoms with Crippen molar-refractivity contribution in [3.8, 4) is 5.75 Å². The van der Waals surface area contributed by atoms with E-state index in [0.29, 0.717) is 5.92 Å². The van der Waals surface area contributed by atoms with Crippen LogP contribution in [-0.2, 0) is 13.0 Å². The normalized spacial score (nSPS) is 14.5. The van der Waals surface area contributed by atoms with E-state index in [-0.39, 0.29) is 0 Å². The Balaban J connectivity index is 1.44. The molecule has 0 radical (unpaired) electrons. The molecule has 21 heavy (non-hydrogen) atoms. The van der Waals surface area contributed by atoms with Gasteiger partial charge in [0.15, 0.2) is 0 Å². The molecule has 1 aliphatic heterocycles. The van der Waals surface area contributed by atoms with Gasteiger partial charge in [-0.1, -0.05) is 49.4 Å². The van der Waals surface area contributed by atoms with Gasteiger partial charge in [0.25, 0.3) is 0 Å². The molecule has 2 nitrogen and oxygen atoms in total. The van der Waals surface area contributed by atoms with E-state index < -0.39 is 0 Å². The third-order valence-electron chi connectivity index (χ3n) is 4.21. The summed E-state index contributed by atoms with van der Waals surface area (Å²) in [7, 11) is 0. The monoisotopic (exact) mass is 281 g/mol. The van der Waals surface area contributed by atoms with Gasteiger partial charge >= 0.3 is 0 Å². The Morgan fingerprint density at radius 2 is 2.00 bits per heavy atom. The fourth-order valence-corrected chi connectivity index (χ4v) is 2.85. The van der Waals surface area contributed by atoms with Crippen LogP contribution in [0.15, 0.2) is 48.5 Å². The van der Waals surface area contributed by atoms with Gasteiger partial charge < -0.3 is 10.1 Å². The van der Waals surface area contributed by atoms with E-state index in [1.807, 2.05) is 0 Å². The Kier molecular flexibility index (Phi) is 4.56. The van der Waals surface area contributed by atoms with E-state index in [1.165, 1.54) is 16.7 Å². The first kappa shape index (κ1) is 14.2. The number of benzene rings is 2. The second-order valence-corrected chi connectivity index (χ2v) is 5.82. The molecule has 2 heteroatoms. The predicted octanol–water partition coefficient (Wildman–Crippen LogP) is 3.90. The summed E-state index contributed by atoms with van der Waals surface area (Å²) in [6, 6.07) is 17.3. The van der Waals surface area contributed by atoms with Crippen LogP contribution in [0.4, 0.5) is 0 Å². The lowest BCUT2D eigenvalue weighted by Gasteiger charge is -2.12. The van der Waals surface area contributed by atoms with Crippen LogP contribution < -0.4 is 10.1 Å². The minimum absolute atomic E-state index is 0.604. The zero-order chi connectivity index (χ0) is 14.5. The lowest BCUT2D eigenvalue weighted by molar-refractivity contribution is 0.357. The largest absolute Gasteiger partial charge is 0.493 e. The second kappa shape index (κ2) is 6.77. The van der Waals surface area contributed by atoms with Crippen molar-refractivity contribution < 1.29 is 4.74 Å². The molecule has 0 saturated carbocycles. The zero-order valence-corrected chi connectivity index (χ0v) is 12.6. The summed E-state index contributed by atoms with van der Waals surface area (Å²) in [5.74, 6) is 1.67. The molecule has 110 valence electrons. The van der Waals surface area contributed by atoms with Crippen molar-refractivity contribution in [2.24, 2.45) is 0 Å². The van der Waals surface area contributed by atoms with Crippen LogP contribution in [0.1, 0.15) is 36.0 Å². The molecule has 3 rings (SSSR count). The van der Waals surface area contributed by atoms with E-state index in [2.05, 4.69) is 60.8 Å². The van der Waals surface area contributed by atoms with Gasteiger partial charge in [-0.15, -0.1) is 0 Å². The van der Waals surface area contributed by atoms with Crippen molar-refractivity contribution in [3.05, 3.63) is 65.2 Å². The summed E-state index contributed by atoms with van der Waals surface area (Å²) in [6.07, 6.45) is 2.21. The van der Waals surface area contributed by atoms with Gasteiger partial charge in [-0.3, -0.25) is 0 Å². The van der Waals surface area contributed by atoms with Gasteiger partial charge in [0.2, 0.25) is 0 Å². The van der Waals surface area contributed by atoms with Crippen molar-refractivity contribution in [1.29, 1.82) is 0 Å². The SMILES string of the molecule is CC(CCNCc1ccc2c(c1)CCO2)c1ccccc1. The number of hydrogen-bond donors (Lipinski definition) is 1. The van der Waals surface area contributed by atoms with Crippen LogP contribution in [0.25, 0.3) is 0 Å². The number of ether oxygens (including phenoxy) is 1. The summed E-state index contributed by atoms with van der Waals surface area (Å²) in [6.45, 7) is 5.11. The highest BCUT2D eigenvalue weighted by Crippen LogP contribution is 2.25. The summed E-state index contributed by atoms with van der Waals surface area (Å²) in [5, 5.41) is 3.55. The van der Waals surface area contributed by atoms with Crippen LogP contribution in [0.3, 0.4) is 0 Å². The lowest BCUT2D eigenvalue weighted by atomic mass is 9.98. The number of rotatable bonds is 6. The Labute approximate surface area is 127 Å². The molecule has 0 bridgehead atoms. The zero-order valence-electron chi connectivity index (χ0n) is 12.6. The van der Waals surface area contributed by atoms with E-state index in [9.17, 15) is 0 Å². The molecule has 0 aliphatic carbocycles. The molecular weight excluding hydrogens is 258 g/mol. The van der Waals surface area contributed by atoms with Crippen molar-refractivity contribution in [3.63, 3.8) is 0 Å². The average molecular weight is 281 g/mol. The van der Waals surface area contributed by atoms with Gasteiger partial charge in [0.1, 0.15) is 5.75 Å². The van der Waals surface area contributed by atoms with Crippen molar-refractivity contribution in [1.82, 2.24) is 5.32 Å². The third kappa shape index (κ3) is 3.64. The topological polar surface area (TPSA) is 21.3 Å². The highest BCUT2D eigenvalue weighted by molar-refractivity contribution is 5.39. The van der Waals surface area contributed by atoms with E-state index in [1.54, 1.807) is 0 Å². The molecule has 0 spiro atoms. The molecule has 1 aliphatic rings. The second-order valence-electron chi connectivity index (χ2n) is 5.82. The summed E-state index contributed by atoms with van der Waals surface area (Å²) in [5.41, 5.74) is 4.13. The summed E-state index contributed by atoms with van der Waals surface area (Å²) in [4.78, 5) is 0. The molecule has 0 amide bonds. The smallest absolute Gasteiger partial charge is 0.122 e. The van der Waals surface area contributed by atoms with Crippen LogP contribution in [0, 0.1) is 0 Å².